The molecular formula is C16H22BrNO. The summed E-state index contributed by atoms with van der Waals surface area (Å²) in [6, 6.07) is 9.28. The Labute approximate surface area is 123 Å². The van der Waals surface area contributed by atoms with Crippen LogP contribution in [0.2, 0.25) is 0 Å². The molecule has 0 aliphatic heterocycles. The third-order valence-electron chi connectivity index (χ3n) is 4.73. The van der Waals surface area contributed by atoms with Crippen LogP contribution in [0.5, 0.6) is 0 Å². The van der Waals surface area contributed by atoms with E-state index >= 15 is 0 Å². The molecule has 0 unspecified atom stereocenters. The zero-order valence-corrected chi connectivity index (χ0v) is 12.8. The molecule has 2 aliphatic rings. The molecule has 0 radical (unpaired) electrons. The molecule has 2 fully saturated rings. The van der Waals surface area contributed by atoms with Crippen molar-refractivity contribution in [1.29, 1.82) is 0 Å². The first-order chi connectivity index (χ1) is 9.15. The molecule has 3 heteroatoms. The quantitative estimate of drug-likeness (QED) is 0.887. The average Bonchev–Trinajstić information content (AvgIpc) is 2.77. The summed E-state index contributed by atoms with van der Waals surface area (Å²) in [5, 5.41) is 13.9. The van der Waals surface area contributed by atoms with Gasteiger partial charge in [0.2, 0.25) is 0 Å². The number of aliphatic hydroxyl groups is 1. The van der Waals surface area contributed by atoms with Crippen LogP contribution in [0.25, 0.3) is 0 Å². The Kier molecular flexibility index (Phi) is 3.97. The number of hydrogen-bond donors (Lipinski definition) is 2. The van der Waals surface area contributed by atoms with Gasteiger partial charge in [-0.15, -0.1) is 0 Å². The van der Waals surface area contributed by atoms with Crippen molar-refractivity contribution in [2.24, 2.45) is 0 Å². The van der Waals surface area contributed by atoms with Crippen molar-refractivity contribution in [3.63, 3.8) is 0 Å². The van der Waals surface area contributed by atoms with Crippen molar-refractivity contribution < 1.29 is 5.11 Å². The summed E-state index contributed by atoms with van der Waals surface area (Å²) in [5.74, 6) is 0.698. The minimum Gasteiger partial charge on any atom is -0.389 e. The molecule has 1 aromatic carbocycles. The lowest BCUT2D eigenvalue weighted by Gasteiger charge is -2.38. The molecular weight excluding hydrogens is 302 g/mol. The zero-order valence-electron chi connectivity index (χ0n) is 11.2. The number of hydrogen-bond acceptors (Lipinski definition) is 2. The van der Waals surface area contributed by atoms with Crippen LogP contribution in [0.4, 0.5) is 0 Å². The third kappa shape index (κ3) is 3.21. The van der Waals surface area contributed by atoms with Crippen LogP contribution in [0, 0.1) is 0 Å². The van der Waals surface area contributed by atoms with E-state index in [9.17, 15) is 5.11 Å². The molecule has 2 aliphatic carbocycles. The molecule has 2 saturated carbocycles. The first kappa shape index (κ1) is 13.6. The summed E-state index contributed by atoms with van der Waals surface area (Å²) in [5.41, 5.74) is 1.03. The largest absolute Gasteiger partial charge is 0.389 e. The van der Waals surface area contributed by atoms with Crippen molar-refractivity contribution in [1.82, 2.24) is 5.32 Å². The van der Waals surface area contributed by atoms with Gasteiger partial charge in [0, 0.05) is 17.1 Å². The molecule has 3 rings (SSSR count). The second kappa shape index (κ2) is 5.55. The van der Waals surface area contributed by atoms with E-state index in [1.54, 1.807) is 0 Å². The molecule has 1 aromatic rings. The lowest BCUT2D eigenvalue weighted by molar-refractivity contribution is 0.0405. The SMILES string of the molecule is OC1(CNC2CC(c3ccc(Br)cc3)C2)CCCC1. The Morgan fingerprint density at radius 1 is 1.16 bits per heavy atom. The van der Waals surface area contributed by atoms with Crippen LogP contribution < -0.4 is 5.32 Å². The fourth-order valence-electron chi connectivity index (χ4n) is 3.34. The Bertz CT molecular complexity index is 419. The van der Waals surface area contributed by atoms with Crippen molar-refractivity contribution in [2.75, 3.05) is 6.54 Å². The molecule has 0 amide bonds. The molecule has 0 saturated heterocycles. The normalized spacial score (nSPS) is 29.2. The monoisotopic (exact) mass is 323 g/mol. The Morgan fingerprint density at radius 2 is 1.79 bits per heavy atom. The van der Waals surface area contributed by atoms with Gasteiger partial charge in [-0.05, 0) is 49.3 Å². The van der Waals surface area contributed by atoms with Gasteiger partial charge < -0.3 is 10.4 Å². The van der Waals surface area contributed by atoms with Gasteiger partial charge in [0.1, 0.15) is 0 Å². The summed E-state index contributed by atoms with van der Waals surface area (Å²) in [6.45, 7) is 0.782. The highest BCUT2D eigenvalue weighted by Crippen LogP contribution is 2.38. The third-order valence-corrected chi connectivity index (χ3v) is 5.26. The zero-order chi connectivity index (χ0) is 13.3. The maximum atomic E-state index is 10.3. The van der Waals surface area contributed by atoms with E-state index in [0.29, 0.717) is 12.0 Å². The van der Waals surface area contributed by atoms with E-state index in [0.717, 1.165) is 23.9 Å². The highest BCUT2D eigenvalue weighted by Gasteiger charge is 2.35. The van der Waals surface area contributed by atoms with Crippen LogP contribution in [0.3, 0.4) is 0 Å². The van der Waals surface area contributed by atoms with Gasteiger partial charge in [0.25, 0.3) is 0 Å². The van der Waals surface area contributed by atoms with Crippen LogP contribution in [-0.2, 0) is 0 Å². The molecule has 2 nitrogen and oxygen atoms in total. The van der Waals surface area contributed by atoms with Gasteiger partial charge in [0.15, 0.2) is 0 Å². The van der Waals surface area contributed by atoms with Gasteiger partial charge in [-0.1, -0.05) is 40.9 Å². The molecule has 2 N–H and O–H groups in total. The summed E-state index contributed by atoms with van der Waals surface area (Å²) in [6.07, 6.45) is 6.73. The maximum Gasteiger partial charge on any atom is 0.0771 e. The maximum absolute atomic E-state index is 10.3. The molecule has 0 atom stereocenters. The van der Waals surface area contributed by atoms with E-state index in [4.69, 9.17) is 0 Å². The minimum absolute atomic E-state index is 0.414. The Hall–Kier alpha value is -0.380. The van der Waals surface area contributed by atoms with Crippen molar-refractivity contribution in [3.05, 3.63) is 34.3 Å². The Balaban J connectivity index is 1.44. The highest BCUT2D eigenvalue weighted by atomic mass is 79.9. The van der Waals surface area contributed by atoms with E-state index < -0.39 is 5.60 Å². The summed E-state index contributed by atoms with van der Waals surface area (Å²) in [4.78, 5) is 0. The van der Waals surface area contributed by atoms with Gasteiger partial charge in [-0.25, -0.2) is 0 Å². The second-order valence-electron chi connectivity index (χ2n) is 6.23. The number of rotatable bonds is 4. The first-order valence-corrected chi connectivity index (χ1v) is 8.15. The molecule has 0 bridgehead atoms. The summed E-state index contributed by atoms with van der Waals surface area (Å²) >= 11 is 3.47. The molecule has 104 valence electrons. The van der Waals surface area contributed by atoms with Crippen LogP contribution in [-0.4, -0.2) is 23.3 Å². The fraction of sp³-hybridized carbons (Fsp3) is 0.625. The van der Waals surface area contributed by atoms with Crippen molar-refractivity contribution in [2.45, 2.75) is 56.1 Å². The lowest BCUT2D eigenvalue weighted by Crippen LogP contribution is -2.47. The van der Waals surface area contributed by atoms with E-state index in [-0.39, 0.29) is 0 Å². The van der Waals surface area contributed by atoms with Crippen LogP contribution in [0.15, 0.2) is 28.7 Å². The topological polar surface area (TPSA) is 32.3 Å². The highest BCUT2D eigenvalue weighted by molar-refractivity contribution is 9.10. The summed E-state index contributed by atoms with van der Waals surface area (Å²) in [7, 11) is 0. The first-order valence-electron chi connectivity index (χ1n) is 7.36. The minimum atomic E-state index is -0.414. The molecule has 0 spiro atoms. The Morgan fingerprint density at radius 3 is 2.42 bits per heavy atom. The predicted molar refractivity (Wildman–Crippen MR) is 81.3 cm³/mol. The van der Waals surface area contributed by atoms with Gasteiger partial charge in [-0.2, -0.15) is 0 Å². The van der Waals surface area contributed by atoms with Gasteiger partial charge in [0.05, 0.1) is 5.60 Å². The fourth-order valence-corrected chi connectivity index (χ4v) is 3.60. The van der Waals surface area contributed by atoms with Crippen LogP contribution >= 0.6 is 15.9 Å². The lowest BCUT2D eigenvalue weighted by atomic mass is 9.75. The predicted octanol–water partition coefficient (Wildman–Crippen LogP) is 3.59. The average molecular weight is 324 g/mol. The van der Waals surface area contributed by atoms with Gasteiger partial charge >= 0.3 is 0 Å². The number of halogens is 1. The van der Waals surface area contributed by atoms with Crippen LogP contribution in [0.1, 0.15) is 50.0 Å². The standard InChI is InChI=1S/C16H22BrNO/c17-14-5-3-12(4-6-14)13-9-15(10-13)18-11-16(19)7-1-2-8-16/h3-6,13,15,18-19H,1-2,7-11H2. The van der Waals surface area contributed by atoms with E-state index in [1.807, 2.05) is 0 Å². The van der Waals surface area contributed by atoms with E-state index in [1.165, 1.54) is 31.2 Å². The van der Waals surface area contributed by atoms with Crippen molar-refractivity contribution in [3.8, 4) is 0 Å². The van der Waals surface area contributed by atoms with Crippen molar-refractivity contribution >= 4 is 15.9 Å². The number of benzene rings is 1. The number of nitrogens with one attached hydrogen (secondary N) is 1. The summed E-state index contributed by atoms with van der Waals surface area (Å²) < 4.78 is 1.15. The molecule has 0 heterocycles. The second-order valence-corrected chi connectivity index (χ2v) is 7.14. The molecule has 19 heavy (non-hydrogen) atoms. The van der Waals surface area contributed by atoms with E-state index in [2.05, 4.69) is 45.5 Å². The van der Waals surface area contributed by atoms with Gasteiger partial charge in [-0.3, -0.25) is 0 Å². The molecule has 0 aromatic heterocycles. The smallest absolute Gasteiger partial charge is 0.0771 e.